The molecule has 1 fully saturated rings. The van der Waals surface area contributed by atoms with Gasteiger partial charge in [-0.05, 0) is 38.9 Å². The van der Waals surface area contributed by atoms with Gasteiger partial charge in [0.15, 0.2) is 0 Å². The van der Waals surface area contributed by atoms with E-state index in [1.165, 1.54) is 23.6 Å². The van der Waals surface area contributed by atoms with Gasteiger partial charge in [-0.15, -0.1) is 0 Å². The van der Waals surface area contributed by atoms with Crippen LogP contribution in [0, 0.1) is 0 Å². The van der Waals surface area contributed by atoms with Crippen LogP contribution >= 0.6 is 0 Å². The Morgan fingerprint density at radius 1 is 1.32 bits per heavy atom. The summed E-state index contributed by atoms with van der Waals surface area (Å²) in [7, 11) is 0. The summed E-state index contributed by atoms with van der Waals surface area (Å²) in [6.07, 6.45) is 4.90. The second-order valence-corrected chi connectivity index (χ2v) is 4.79. The van der Waals surface area contributed by atoms with Crippen molar-refractivity contribution >= 4 is 0 Å². The summed E-state index contributed by atoms with van der Waals surface area (Å²) in [6, 6.07) is 1.49. The van der Waals surface area contributed by atoms with Crippen molar-refractivity contribution in [2.75, 3.05) is 32.8 Å². The van der Waals surface area contributed by atoms with E-state index in [-0.39, 0.29) is 5.56 Å². The molecule has 0 aliphatic carbocycles. The second-order valence-electron chi connectivity index (χ2n) is 4.79. The predicted octanol–water partition coefficient (Wildman–Crippen LogP) is 0.0667. The van der Waals surface area contributed by atoms with Crippen molar-refractivity contribution in [2.24, 2.45) is 5.73 Å². The van der Waals surface area contributed by atoms with Gasteiger partial charge < -0.3 is 15.4 Å². The molecule has 0 bridgehead atoms. The Hall–Kier alpha value is -1.40. The summed E-state index contributed by atoms with van der Waals surface area (Å²) >= 11 is 0. The van der Waals surface area contributed by atoms with Gasteiger partial charge in [0.05, 0.1) is 19.3 Å². The summed E-state index contributed by atoms with van der Waals surface area (Å²) < 4.78 is 6.89. The van der Waals surface area contributed by atoms with Gasteiger partial charge in [0.1, 0.15) is 5.75 Å². The third-order valence-electron chi connectivity index (χ3n) is 3.29. The first-order chi connectivity index (χ1) is 9.29. The molecule has 0 amide bonds. The van der Waals surface area contributed by atoms with Gasteiger partial charge >= 0.3 is 0 Å². The first-order valence-corrected chi connectivity index (χ1v) is 6.92. The fourth-order valence-electron chi connectivity index (χ4n) is 2.18. The first kappa shape index (κ1) is 14.0. The average molecular weight is 266 g/mol. The van der Waals surface area contributed by atoms with Crippen LogP contribution in [-0.2, 0) is 6.54 Å². The summed E-state index contributed by atoms with van der Waals surface area (Å²) in [5, 5.41) is 4.14. The Bertz CT molecular complexity index is 441. The molecule has 0 saturated carbocycles. The molecule has 2 heterocycles. The van der Waals surface area contributed by atoms with E-state index < -0.39 is 0 Å². The monoisotopic (exact) mass is 266 g/mol. The smallest absolute Gasteiger partial charge is 0.270 e. The van der Waals surface area contributed by atoms with E-state index in [9.17, 15) is 4.79 Å². The highest BCUT2D eigenvalue weighted by Crippen LogP contribution is 2.07. The molecule has 0 unspecified atom stereocenters. The molecular weight excluding hydrogens is 244 g/mol. The Morgan fingerprint density at radius 2 is 2.11 bits per heavy atom. The minimum Gasteiger partial charge on any atom is -0.492 e. The third kappa shape index (κ3) is 4.33. The lowest BCUT2D eigenvalue weighted by Crippen LogP contribution is -2.30. The third-order valence-corrected chi connectivity index (χ3v) is 3.29. The lowest BCUT2D eigenvalue weighted by atomic mass is 10.4. The number of ether oxygens (including phenoxy) is 1. The SMILES string of the molecule is NCCCOc1cnn(CCN2CCCC2)c(=O)c1. The number of likely N-dealkylation sites (tertiary alicyclic amines) is 1. The molecule has 106 valence electrons. The summed E-state index contributed by atoms with van der Waals surface area (Å²) in [5.74, 6) is 0.524. The van der Waals surface area contributed by atoms with Crippen molar-refractivity contribution in [2.45, 2.75) is 25.8 Å². The Morgan fingerprint density at radius 3 is 2.79 bits per heavy atom. The number of hydrogen-bond donors (Lipinski definition) is 1. The topological polar surface area (TPSA) is 73.4 Å². The Balaban J connectivity index is 1.85. The average Bonchev–Trinajstić information content (AvgIpc) is 2.91. The van der Waals surface area contributed by atoms with Gasteiger partial charge in [-0.25, -0.2) is 4.68 Å². The van der Waals surface area contributed by atoms with E-state index in [0.29, 0.717) is 25.4 Å². The molecule has 0 atom stereocenters. The van der Waals surface area contributed by atoms with E-state index in [1.807, 2.05) is 0 Å². The maximum atomic E-state index is 11.9. The number of hydrogen-bond acceptors (Lipinski definition) is 5. The zero-order valence-corrected chi connectivity index (χ0v) is 11.3. The van der Waals surface area contributed by atoms with Crippen LogP contribution in [0.2, 0.25) is 0 Å². The van der Waals surface area contributed by atoms with Gasteiger partial charge in [-0.3, -0.25) is 4.79 Å². The zero-order valence-electron chi connectivity index (χ0n) is 11.3. The normalized spacial score (nSPS) is 15.8. The first-order valence-electron chi connectivity index (χ1n) is 6.92. The van der Waals surface area contributed by atoms with Crippen molar-refractivity contribution < 1.29 is 4.74 Å². The highest BCUT2D eigenvalue weighted by atomic mass is 16.5. The summed E-state index contributed by atoms with van der Waals surface area (Å²) in [5.41, 5.74) is 5.27. The summed E-state index contributed by atoms with van der Waals surface area (Å²) in [6.45, 7) is 4.90. The van der Waals surface area contributed by atoms with Crippen LogP contribution in [0.4, 0.5) is 0 Å². The van der Waals surface area contributed by atoms with E-state index in [1.54, 1.807) is 6.20 Å². The fourth-order valence-corrected chi connectivity index (χ4v) is 2.18. The highest BCUT2D eigenvalue weighted by Gasteiger charge is 2.11. The molecule has 1 saturated heterocycles. The van der Waals surface area contributed by atoms with Crippen molar-refractivity contribution in [1.29, 1.82) is 0 Å². The molecule has 6 heteroatoms. The summed E-state index contributed by atoms with van der Waals surface area (Å²) in [4.78, 5) is 14.2. The molecule has 0 radical (unpaired) electrons. The number of aromatic nitrogens is 2. The maximum Gasteiger partial charge on any atom is 0.270 e. The molecule has 1 aromatic heterocycles. The van der Waals surface area contributed by atoms with Crippen LogP contribution in [0.15, 0.2) is 17.1 Å². The Labute approximate surface area is 113 Å². The predicted molar refractivity (Wildman–Crippen MR) is 73.3 cm³/mol. The van der Waals surface area contributed by atoms with Crippen LogP contribution in [0.5, 0.6) is 5.75 Å². The molecule has 0 aromatic carbocycles. The van der Waals surface area contributed by atoms with Crippen LogP contribution < -0.4 is 16.0 Å². The van der Waals surface area contributed by atoms with Crippen molar-refractivity contribution in [3.05, 3.63) is 22.6 Å². The standard InChI is InChI=1S/C13H22N4O2/c14-4-3-9-19-12-10-13(18)17(15-11-12)8-7-16-5-1-2-6-16/h10-11H,1-9,14H2. The van der Waals surface area contributed by atoms with E-state index in [0.717, 1.165) is 26.1 Å². The van der Waals surface area contributed by atoms with Crippen LogP contribution in [-0.4, -0.2) is 47.5 Å². The van der Waals surface area contributed by atoms with Crippen molar-refractivity contribution in [3.63, 3.8) is 0 Å². The van der Waals surface area contributed by atoms with E-state index in [2.05, 4.69) is 10.00 Å². The quantitative estimate of drug-likeness (QED) is 0.707. The lowest BCUT2D eigenvalue weighted by molar-refractivity contribution is 0.300. The van der Waals surface area contributed by atoms with E-state index >= 15 is 0 Å². The molecule has 0 spiro atoms. The Kier molecular flexibility index (Phi) is 5.35. The van der Waals surface area contributed by atoms with Crippen LogP contribution in [0.3, 0.4) is 0 Å². The molecule has 1 aliphatic rings. The highest BCUT2D eigenvalue weighted by molar-refractivity contribution is 5.13. The largest absolute Gasteiger partial charge is 0.492 e. The van der Waals surface area contributed by atoms with E-state index in [4.69, 9.17) is 10.5 Å². The minimum absolute atomic E-state index is 0.107. The number of nitrogens with two attached hydrogens (primary N) is 1. The molecule has 1 aromatic rings. The van der Waals surface area contributed by atoms with Crippen molar-refractivity contribution in [3.8, 4) is 5.75 Å². The fraction of sp³-hybridized carbons (Fsp3) is 0.692. The van der Waals surface area contributed by atoms with Gasteiger partial charge in [0.25, 0.3) is 5.56 Å². The second kappa shape index (κ2) is 7.25. The number of nitrogens with zero attached hydrogens (tertiary/aromatic N) is 3. The molecule has 2 rings (SSSR count). The van der Waals surface area contributed by atoms with Crippen molar-refractivity contribution in [1.82, 2.24) is 14.7 Å². The molecular formula is C13H22N4O2. The van der Waals surface area contributed by atoms with Gasteiger partial charge in [-0.2, -0.15) is 5.10 Å². The molecule has 19 heavy (non-hydrogen) atoms. The van der Waals surface area contributed by atoms with Gasteiger partial charge in [0, 0.05) is 12.6 Å². The molecule has 2 N–H and O–H groups in total. The zero-order chi connectivity index (χ0) is 13.5. The van der Waals surface area contributed by atoms with Gasteiger partial charge in [-0.1, -0.05) is 0 Å². The van der Waals surface area contributed by atoms with Crippen LogP contribution in [0.25, 0.3) is 0 Å². The minimum atomic E-state index is -0.107. The molecule has 1 aliphatic heterocycles. The number of rotatable bonds is 7. The van der Waals surface area contributed by atoms with Crippen LogP contribution in [0.1, 0.15) is 19.3 Å². The molecule has 6 nitrogen and oxygen atoms in total. The van der Waals surface area contributed by atoms with Gasteiger partial charge in [0.2, 0.25) is 0 Å². The maximum absolute atomic E-state index is 11.9. The lowest BCUT2D eigenvalue weighted by Gasteiger charge is -2.14.